The van der Waals surface area contributed by atoms with E-state index in [0.717, 1.165) is 5.69 Å². The van der Waals surface area contributed by atoms with Crippen molar-refractivity contribution in [2.75, 3.05) is 0 Å². The fourth-order valence-electron chi connectivity index (χ4n) is 1.30. The smallest absolute Gasteiger partial charge is 0.253 e. The van der Waals surface area contributed by atoms with E-state index in [1.165, 1.54) is 6.20 Å². The Labute approximate surface area is 97.7 Å². The molecular weight excluding hydrogens is 220 g/mol. The Balaban J connectivity index is 2.04. The van der Waals surface area contributed by atoms with Gasteiger partial charge in [0.05, 0.1) is 11.6 Å². The molecule has 7 heteroatoms. The number of H-pyrrole nitrogens is 1. The molecular formula is C10H12N6O. The SMILES string of the molecule is Cc1ccc(C(=O)NC(C)c2nn[nH]n2)cn1. The minimum Gasteiger partial charge on any atom is -0.342 e. The van der Waals surface area contributed by atoms with Gasteiger partial charge >= 0.3 is 0 Å². The molecule has 0 saturated carbocycles. The van der Waals surface area contributed by atoms with Crippen LogP contribution in [-0.2, 0) is 0 Å². The van der Waals surface area contributed by atoms with Crippen molar-refractivity contribution < 1.29 is 4.79 Å². The first-order chi connectivity index (χ1) is 8.16. The summed E-state index contributed by atoms with van der Waals surface area (Å²) in [5, 5.41) is 16.1. The molecule has 2 N–H and O–H groups in total. The number of amides is 1. The van der Waals surface area contributed by atoms with Gasteiger partial charge in [-0.15, -0.1) is 10.2 Å². The highest BCUT2D eigenvalue weighted by Crippen LogP contribution is 2.06. The molecule has 2 rings (SSSR count). The van der Waals surface area contributed by atoms with Crippen LogP contribution < -0.4 is 5.32 Å². The molecule has 0 radical (unpaired) electrons. The maximum atomic E-state index is 11.8. The third-order valence-electron chi connectivity index (χ3n) is 2.27. The molecule has 0 aromatic carbocycles. The molecule has 1 atom stereocenters. The molecule has 1 unspecified atom stereocenters. The van der Waals surface area contributed by atoms with Crippen molar-refractivity contribution in [1.29, 1.82) is 0 Å². The molecule has 0 aliphatic heterocycles. The molecule has 88 valence electrons. The van der Waals surface area contributed by atoms with Gasteiger partial charge < -0.3 is 5.32 Å². The van der Waals surface area contributed by atoms with Crippen LogP contribution in [0.4, 0.5) is 0 Å². The molecule has 7 nitrogen and oxygen atoms in total. The Hall–Kier alpha value is -2.31. The van der Waals surface area contributed by atoms with Crippen molar-refractivity contribution in [3.8, 4) is 0 Å². The summed E-state index contributed by atoms with van der Waals surface area (Å²) in [6.07, 6.45) is 1.54. The predicted molar refractivity (Wildman–Crippen MR) is 59.0 cm³/mol. The van der Waals surface area contributed by atoms with Crippen LogP contribution >= 0.6 is 0 Å². The van der Waals surface area contributed by atoms with Crippen LogP contribution in [0.2, 0.25) is 0 Å². The number of tetrazole rings is 1. The van der Waals surface area contributed by atoms with Gasteiger partial charge in [-0.25, -0.2) is 0 Å². The van der Waals surface area contributed by atoms with Crippen LogP contribution in [0.5, 0.6) is 0 Å². The number of nitrogens with zero attached hydrogens (tertiary/aromatic N) is 4. The second kappa shape index (κ2) is 4.69. The number of aromatic nitrogens is 5. The largest absolute Gasteiger partial charge is 0.342 e. The van der Waals surface area contributed by atoms with Crippen LogP contribution in [0.1, 0.15) is 34.8 Å². The molecule has 0 fully saturated rings. The van der Waals surface area contributed by atoms with Gasteiger partial charge in [0.1, 0.15) is 0 Å². The highest BCUT2D eigenvalue weighted by molar-refractivity contribution is 5.94. The molecule has 2 heterocycles. The van der Waals surface area contributed by atoms with Gasteiger partial charge in [-0.05, 0) is 26.0 Å². The second-order valence-corrected chi connectivity index (χ2v) is 3.65. The number of nitrogens with one attached hydrogen (secondary N) is 2. The third-order valence-corrected chi connectivity index (χ3v) is 2.27. The Bertz CT molecular complexity index is 492. The standard InChI is InChI=1S/C10H12N6O/c1-6-3-4-8(5-11-6)10(17)12-7(2)9-13-15-16-14-9/h3-5,7H,1-2H3,(H,12,17)(H,13,14,15,16). The number of hydrogen-bond donors (Lipinski definition) is 2. The Kier molecular flexibility index (Phi) is 3.08. The van der Waals surface area contributed by atoms with Gasteiger partial charge in [0.2, 0.25) is 0 Å². The molecule has 0 spiro atoms. The molecule has 0 saturated heterocycles. The second-order valence-electron chi connectivity index (χ2n) is 3.65. The van der Waals surface area contributed by atoms with E-state index >= 15 is 0 Å². The fourth-order valence-corrected chi connectivity index (χ4v) is 1.30. The lowest BCUT2D eigenvalue weighted by molar-refractivity contribution is 0.0938. The summed E-state index contributed by atoms with van der Waals surface area (Å²) in [6.45, 7) is 3.65. The van der Waals surface area contributed by atoms with E-state index in [4.69, 9.17) is 0 Å². The van der Waals surface area contributed by atoms with E-state index in [1.54, 1.807) is 19.1 Å². The van der Waals surface area contributed by atoms with Gasteiger partial charge in [-0.1, -0.05) is 5.21 Å². The van der Waals surface area contributed by atoms with Crippen LogP contribution in [0, 0.1) is 6.92 Å². The zero-order valence-electron chi connectivity index (χ0n) is 9.51. The third kappa shape index (κ3) is 2.63. The first kappa shape index (κ1) is 11.2. The number of carbonyl (C=O) groups excluding carboxylic acids is 1. The molecule has 17 heavy (non-hydrogen) atoms. The maximum Gasteiger partial charge on any atom is 0.253 e. The number of pyridine rings is 1. The zero-order chi connectivity index (χ0) is 12.3. The van der Waals surface area contributed by atoms with E-state index in [-0.39, 0.29) is 11.9 Å². The number of aryl methyl sites for hydroxylation is 1. The van der Waals surface area contributed by atoms with Gasteiger partial charge in [0.15, 0.2) is 5.82 Å². The quantitative estimate of drug-likeness (QED) is 0.798. The summed E-state index contributed by atoms with van der Waals surface area (Å²) in [7, 11) is 0. The van der Waals surface area contributed by atoms with E-state index in [1.807, 2.05) is 6.92 Å². The Morgan fingerprint density at radius 3 is 2.88 bits per heavy atom. The minimum atomic E-state index is -0.303. The summed E-state index contributed by atoms with van der Waals surface area (Å²) in [6, 6.07) is 3.21. The lowest BCUT2D eigenvalue weighted by atomic mass is 10.2. The first-order valence-electron chi connectivity index (χ1n) is 5.13. The summed E-state index contributed by atoms with van der Waals surface area (Å²) in [5.74, 6) is 0.230. The van der Waals surface area contributed by atoms with E-state index in [0.29, 0.717) is 11.4 Å². The predicted octanol–water partition coefficient (Wildman–Crippen LogP) is 0.394. The Morgan fingerprint density at radius 2 is 2.29 bits per heavy atom. The monoisotopic (exact) mass is 232 g/mol. The molecule has 0 bridgehead atoms. The highest BCUT2D eigenvalue weighted by Gasteiger charge is 2.14. The summed E-state index contributed by atoms with van der Waals surface area (Å²) in [5.41, 5.74) is 1.37. The van der Waals surface area contributed by atoms with E-state index < -0.39 is 0 Å². The number of rotatable bonds is 3. The van der Waals surface area contributed by atoms with Crippen LogP contribution in [0.25, 0.3) is 0 Å². The maximum absolute atomic E-state index is 11.8. The van der Waals surface area contributed by atoms with Crippen LogP contribution in [0.3, 0.4) is 0 Å². The van der Waals surface area contributed by atoms with Crippen molar-refractivity contribution in [3.63, 3.8) is 0 Å². The number of hydrogen-bond acceptors (Lipinski definition) is 5. The van der Waals surface area contributed by atoms with Gasteiger partial charge in [0, 0.05) is 11.9 Å². The van der Waals surface area contributed by atoms with Crippen LogP contribution in [-0.4, -0.2) is 31.5 Å². The molecule has 2 aromatic heterocycles. The van der Waals surface area contributed by atoms with Crippen molar-refractivity contribution >= 4 is 5.91 Å². The van der Waals surface area contributed by atoms with E-state index in [2.05, 4.69) is 30.9 Å². The highest BCUT2D eigenvalue weighted by atomic mass is 16.1. The lowest BCUT2D eigenvalue weighted by Crippen LogP contribution is -2.27. The Morgan fingerprint density at radius 1 is 1.47 bits per heavy atom. The fraction of sp³-hybridized carbons (Fsp3) is 0.300. The van der Waals surface area contributed by atoms with Crippen molar-refractivity contribution in [1.82, 2.24) is 30.9 Å². The van der Waals surface area contributed by atoms with Gasteiger partial charge in [-0.2, -0.15) is 5.21 Å². The lowest BCUT2D eigenvalue weighted by Gasteiger charge is -2.09. The normalized spacial score (nSPS) is 12.1. The topological polar surface area (TPSA) is 96.5 Å². The number of carbonyl (C=O) groups is 1. The first-order valence-corrected chi connectivity index (χ1v) is 5.13. The molecule has 0 aliphatic carbocycles. The van der Waals surface area contributed by atoms with E-state index in [9.17, 15) is 4.79 Å². The minimum absolute atomic E-state index is 0.213. The average Bonchev–Trinajstić information content (AvgIpc) is 2.83. The van der Waals surface area contributed by atoms with Crippen molar-refractivity contribution in [2.45, 2.75) is 19.9 Å². The summed E-state index contributed by atoms with van der Waals surface area (Å²) in [4.78, 5) is 15.9. The zero-order valence-corrected chi connectivity index (χ0v) is 9.51. The summed E-state index contributed by atoms with van der Waals surface area (Å²) >= 11 is 0. The van der Waals surface area contributed by atoms with Crippen LogP contribution in [0.15, 0.2) is 18.3 Å². The molecule has 2 aromatic rings. The molecule has 0 aliphatic rings. The van der Waals surface area contributed by atoms with Crippen molar-refractivity contribution in [3.05, 3.63) is 35.4 Å². The number of aromatic amines is 1. The van der Waals surface area contributed by atoms with Crippen molar-refractivity contribution in [2.24, 2.45) is 0 Å². The van der Waals surface area contributed by atoms with Gasteiger partial charge in [0.25, 0.3) is 5.91 Å². The summed E-state index contributed by atoms with van der Waals surface area (Å²) < 4.78 is 0. The average molecular weight is 232 g/mol. The van der Waals surface area contributed by atoms with Gasteiger partial charge in [-0.3, -0.25) is 9.78 Å². The molecule has 1 amide bonds.